The number of hydrogen-bond acceptors (Lipinski definition) is 5. The number of hydrogen-bond donors (Lipinski definition) is 3. The summed E-state index contributed by atoms with van der Waals surface area (Å²) >= 11 is 0. The molecule has 36 heavy (non-hydrogen) atoms. The summed E-state index contributed by atoms with van der Waals surface area (Å²) in [5, 5.41) is 13.5. The molecule has 2 aromatic rings. The van der Waals surface area contributed by atoms with Crippen LogP contribution in [0.1, 0.15) is 34.8 Å². The molecule has 4 rings (SSSR count). The lowest BCUT2D eigenvalue weighted by atomic mass is 10.1. The van der Waals surface area contributed by atoms with Crippen LogP contribution in [0.3, 0.4) is 0 Å². The molecule has 0 unspecified atom stereocenters. The highest BCUT2D eigenvalue weighted by atomic mass is 19.4. The molecule has 0 saturated carbocycles. The van der Waals surface area contributed by atoms with Gasteiger partial charge in [-0.3, -0.25) is 14.9 Å². The van der Waals surface area contributed by atoms with E-state index in [9.17, 15) is 22.8 Å². The molecule has 3 N–H and O–H groups in total. The van der Waals surface area contributed by atoms with Crippen molar-refractivity contribution in [2.24, 2.45) is 0 Å². The first-order valence-corrected chi connectivity index (χ1v) is 11.5. The smallest absolute Gasteiger partial charge is 0.475 e. The monoisotopic (exact) mass is 506 g/mol. The molecular formula is C25H29F3N4O4. The molecule has 2 saturated heterocycles. The molecule has 2 aromatic carbocycles. The Labute approximate surface area is 207 Å². The van der Waals surface area contributed by atoms with Crippen molar-refractivity contribution in [2.75, 3.05) is 38.5 Å². The van der Waals surface area contributed by atoms with Gasteiger partial charge in [0, 0.05) is 43.5 Å². The summed E-state index contributed by atoms with van der Waals surface area (Å²) < 4.78 is 31.7. The van der Waals surface area contributed by atoms with E-state index in [1.807, 2.05) is 35.2 Å². The number of carboxylic acids is 1. The van der Waals surface area contributed by atoms with Crippen LogP contribution in [-0.4, -0.2) is 78.1 Å². The minimum Gasteiger partial charge on any atom is -0.475 e. The number of carbonyl (C=O) groups is 3. The van der Waals surface area contributed by atoms with Crippen LogP contribution in [0.15, 0.2) is 54.6 Å². The van der Waals surface area contributed by atoms with E-state index in [2.05, 4.69) is 34.7 Å². The largest absolute Gasteiger partial charge is 0.490 e. The van der Waals surface area contributed by atoms with Crippen LogP contribution in [-0.2, 0) is 9.59 Å². The minimum absolute atomic E-state index is 0.0263. The standard InChI is InChI=1S/C23H28N4O2.C2HF3O2/c1-26-13-15-27(16-14-26)23(29)18-7-9-19(10-8-18)24-22(28)21-12-11-20(25-21)17-5-3-2-4-6-17;3-2(4,5)1(6)7/h2-10,20-21,25H,11-16H2,1H3,(H,24,28);(H,6,7)/t20-,21+;/m0./s1. The van der Waals surface area contributed by atoms with Gasteiger partial charge in [0.15, 0.2) is 0 Å². The third-order valence-electron chi connectivity index (χ3n) is 6.10. The van der Waals surface area contributed by atoms with Gasteiger partial charge in [0.2, 0.25) is 5.91 Å². The molecule has 11 heteroatoms. The Bertz CT molecular complexity index is 1040. The molecule has 8 nitrogen and oxygen atoms in total. The molecule has 194 valence electrons. The van der Waals surface area contributed by atoms with Crippen LogP contribution in [0, 0.1) is 0 Å². The predicted octanol–water partition coefficient (Wildman–Crippen LogP) is 3.14. The van der Waals surface area contributed by atoms with Crippen molar-refractivity contribution < 1.29 is 32.7 Å². The van der Waals surface area contributed by atoms with E-state index in [0.717, 1.165) is 44.7 Å². The zero-order chi connectivity index (χ0) is 26.3. The number of carboxylic acid groups (broad SMARTS) is 1. The van der Waals surface area contributed by atoms with Crippen LogP contribution < -0.4 is 10.6 Å². The number of nitrogens with one attached hydrogen (secondary N) is 2. The van der Waals surface area contributed by atoms with Gasteiger partial charge in [-0.05, 0) is 49.7 Å². The Balaban J connectivity index is 0.000000454. The number of likely N-dealkylation sites (N-methyl/N-ethyl adjacent to an activating group) is 1. The number of halogens is 3. The Morgan fingerprint density at radius 2 is 1.53 bits per heavy atom. The maximum Gasteiger partial charge on any atom is 0.490 e. The lowest BCUT2D eigenvalue weighted by Gasteiger charge is -2.32. The predicted molar refractivity (Wildman–Crippen MR) is 128 cm³/mol. The zero-order valence-electron chi connectivity index (χ0n) is 19.8. The number of alkyl halides is 3. The number of anilines is 1. The molecule has 0 radical (unpaired) electrons. The average Bonchev–Trinajstić information content (AvgIpc) is 3.36. The first-order valence-electron chi connectivity index (χ1n) is 11.5. The summed E-state index contributed by atoms with van der Waals surface area (Å²) in [4.78, 5) is 38.3. The third kappa shape index (κ3) is 7.53. The Morgan fingerprint density at radius 1 is 0.944 bits per heavy atom. The van der Waals surface area contributed by atoms with Gasteiger partial charge in [-0.15, -0.1) is 0 Å². The number of piperazine rings is 1. The van der Waals surface area contributed by atoms with Crippen molar-refractivity contribution in [3.05, 3.63) is 65.7 Å². The van der Waals surface area contributed by atoms with Gasteiger partial charge in [-0.2, -0.15) is 13.2 Å². The number of carbonyl (C=O) groups excluding carboxylic acids is 2. The molecule has 0 aromatic heterocycles. The number of aliphatic carboxylic acids is 1. The van der Waals surface area contributed by atoms with Crippen molar-refractivity contribution in [1.29, 1.82) is 0 Å². The van der Waals surface area contributed by atoms with Crippen molar-refractivity contribution >= 4 is 23.5 Å². The maximum atomic E-state index is 12.6. The molecule has 0 bridgehead atoms. The number of amides is 2. The van der Waals surface area contributed by atoms with Gasteiger partial charge in [0.25, 0.3) is 5.91 Å². The normalized spacial score (nSPS) is 20.3. The molecule has 0 spiro atoms. The number of rotatable bonds is 4. The molecule has 2 fully saturated rings. The van der Waals surface area contributed by atoms with E-state index in [1.54, 1.807) is 12.1 Å². The Hall–Kier alpha value is -3.44. The van der Waals surface area contributed by atoms with E-state index < -0.39 is 12.1 Å². The van der Waals surface area contributed by atoms with Crippen LogP contribution in [0.2, 0.25) is 0 Å². The summed E-state index contributed by atoms with van der Waals surface area (Å²) in [5.41, 5.74) is 2.60. The Morgan fingerprint density at radius 3 is 2.08 bits per heavy atom. The number of benzene rings is 2. The van der Waals surface area contributed by atoms with Gasteiger partial charge in [0.1, 0.15) is 0 Å². The molecule has 2 heterocycles. The average molecular weight is 507 g/mol. The topological polar surface area (TPSA) is 102 Å². The maximum absolute atomic E-state index is 12.6. The molecule has 2 aliphatic rings. The summed E-state index contributed by atoms with van der Waals surface area (Å²) in [6.45, 7) is 3.31. The van der Waals surface area contributed by atoms with E-state index in [1.165, 1.54) is 5.56 Å². The van der Waals surface area contributed by atoms with Crippen LogP contribution in [0.4, 0.5) is 18.9 Å². The van der Waals surface area contributed by atoms with Crippen molar-refractivity contribution in [3.63, 3.8) is 0 Å². The first kappa shape index (κ1) is 27.2. The molecule has 0 aliphatic carbocycles. The van der Waals surface area contributed by atoms with E-state index in [-0.39, 0.29) is 23.9 Å². The second-order valence-electron chi connectivity index (χ2n) is 8.72. The Kier molecular flexibility index (Phi) is 9.05. The van der Waals surface area contributed by atoms with Crippen LogP contribution in [0.25, 0.3) is 0 Å². The second-order valence-corrected chi connectivity index (χ2v) is 8.72. The van der Waals surface area contributed by atoms with Gasteiger partial charge in [-0.25, -0.2) is 4.79 Å². The fourth-order valence-electron chi connectivity index (χ4n) is 4.02. The lowest BCUT2D eigenvalue weighted by Crippen LogP contribution is -2.47. The molecule has 2 aliphatic heterocycles. The van der Waals surface area contributed by atoms with Gasteiger partial charge >= 0.3 is 12.1 Å². The first-order chi connectivity index (χ1) is 17.0. The molecule has 2 amide bonds. The van der Waals surface area contributed by atoms with Gasteiger partial charge < -0.3 is 20.2 Å². The zero-order valence-corrected chi connectivity index (χ0v) is 19.8. The van der Waals surface area contributed by atoms with Crippen molar-refractivity contribution in [1.82, 2.24) is 15.1 Å². The van der Waals surface area contributed by atoms with E-state index >= 15 is 0 Å². The van der Waals surface area contributed by atoms with Crippen molar-refractivity contribution in [3.8, 4) is 0 Å². The van der Waals surface area contributed by atoms with E-state index in [0.29, 0.717) is 5.56 Å². The fraction of sp³-hybridized carbons (Fsp3) is 0.400. The SMILES string of the molecule is CN1CCN(C(=O)c2ccc(NC(=O)[C@H]3CC[C@@H](c4ccccc4)N3)cc2)CC1.O=C(O)C(F)(F)F. The summed E-state index contributed by atoms with van der Waals surface area (Å²) in [5.74, 6) is -2.73. The van der Waals surface area contributed by atoms with Gasteiger partial charge in [-0.1, -0.05) is 30.3 Å². The van der Waals surface area contributed by atoms with Crippen LogP contribution >= 0.6 is 0 Å². The molecular weight excluding hydrogens is 477 g/mol. The van der Waals surface area contributed by atoms with Crippen LogP contribution in [0.5, 0.6) is 0 Å². The highest BCUT2D eigenvalue weighted by Gasteiger charge is 2.38. The van der Waals surface area contributed by atoms with Gasteiger partial charge in [0.05, 0.1) is 6.04 Å². The summed E-state index contributed by atoms with van der Waals surface area (Å²) in [6, 6.07) is 17.5. The van der Waals surface area contributed by atoms with Crippen molar-refractivity contribution in [2.45, 2.75) is 31.1 Å². The number of nitrogens with zero attached hydrogens (tertiary/aromatic N) is 2. The minimum atomic E-state index is -5.08. The van der Waals surface area contributed by atoms with E-state index in [4.69, 9.17) is 9.90 Å². The summed E-state index contributed by atoms with van der Waals surface area (Å²) in [7, 11) is 2.07. The highest BCUT2D eigenvalue weighted by molar-refractivity contribution is 5.97. The fourth-order valence-corrected chi connectivity index (χ4v) is 4.02. The molecule has 2 atom stereocenters. The summed E-state index contributed by atoms with van der Waals surface area (Å²) in [6.07, 6.45) is -3.33. The third-order valence-corrected chi connectivity index (χ3v) is 6.10. The second kappa shape index (κ2) is 12.0. The quantitative estimate of drug-likeness (QED) is 0.589. The lowest BCUT2D eigenvalue weighted by molar-refractivity contribution is -0.192. The highest BCUT2D eigenvalue weighted by Crippen LogP contribution is 2.27.